The maximum absolute atomic E-state index is 12.4. The molecule has 0 aromatic heterocycles. The van der Waals surface area contributed by atoms with E-state index in [2.05, 4.69) is 18.7 Å². The standard InChI is InChI=1S/C16H22N2O2S/c1-13-4-3-5-14(2)18(13)10-11-21(19,20)16-8-6-15(12-17)7-9-16/h6-9,13-14H,3-5,10-11H2,1-2H3/t13-,14+. The van der Waals surface area contributed by atoms with Crippen LogP contribution in [0.25, 0.3) is 0 Å². The zero-order valence-electron chi connectivity index (χ0n) is 12.6. The average molecular weight is 306 g/mol. The van der Waals surface area contributed by atoms with Crippen molar-refractivity contribution in [1.29, 1.82) is 5.26 Å². The van der Waals surface area contributed by atoms with Crippen LogP contribution in [0, 0.1) is 11.3 Å². The molecule has 1 fully saturated rings. The van der Waals surface area contributed by atoms with Crippen molar-refractivity contribution in [2.75, 3.05) is 12.3 Å². The lowest BCUT2D eigenvalue weighted by molar-refractivity contribution is 0.111. The van der Waals surface area contributed by atoms with E-state index in [4.69, 9.17) is 5.26 Å². The fourth-order valence-corrected chi connectivity index (χ4v) is 4.23. The van der Waals surface area contributed by atoms with Gasteiger partial charge in [-0.2, -0.15) is 5.26 Å². The van der Waals surface area contributed by atoms with Crippen molar-refractivity contribution < 1.29 is 8.42 Å². The van der Waals surface area contributed by atoms with Crippen LogP contribution in [0.3, 0.4) is 0 Å². The van der Waals surface area contributed by atoms with Gasteiger partial charge in [-0.25, -0.2) is 8.42 Å². The number of hydrogen-bond acceptors (Lipinski definition) is 4. The first-order valence-electron chi connectivity index (χ1n) is 7.42. The molecule has 1 saturated heterocycles. The molecule has 21 heavy (non-hydrogen) atoms. The molecule has 1 aliphatic heterocycles. The van der Waals surface area contributed by atoms with Crippen molar-refractivity contribution in [3.63, 3.8) is 0 Å². The molecule has 0 spiro atoms. The van der Waals surface area contributed by atoms with Gasteiger partial charge >= 0.3 is 0 Å². The fraction of sp³-hybridized carbons (Fsp3) is 0.562. The number of sulfone groups is 1. The number of nitriles is 1. The Morgan fingerprint density at radius 3 is 2.29 bits per heavy atom. The summed E-state index contributed by atoms with van der Waals surface area (Å²) in [6, 6.07) is 9.05. The molecule has 2 atom stereocenters. The van der Waals surface area contributed by atoms with Crippen molar-refractivity contribution >= 4 is 9.84 Å². The molecule has 0 unspecified atom stereocenters. The van der Waals surface area contributed by atoms with Crippen LogP contribution in [0.4, 0.5) is 0 Å². The third kappa shape index (κ3) is 3.84. The first-order valence-corrected chi connectivity index (χ1v) is 9.08. The van der Waals surface area contributed by atoms with E-state index in [9.17, 15) is 8.42 Å². The zero-order valence-corrected chi connectivity index (χ0v) is 13.4. The quantitative estimate of drug-likeness (QED) is 0.858. The number of nitrogens with zero attached hydrogens (tertiary/aromatic N) is 2. The minimum absolute atomic E-state index is 0.133. The van der Waals surface area contributed by atoms with Crippen LogP contribution in [-0.2, 0) is 9.84 Å². The maximum Gasteiger partial charge on any atom is 0.179 e. The summed E-state index contributed by atoms with van der Waals surface area (Å²) in [6.45, 7) is 4.92. The predicted octanol–water partition coefficient (Wildman–Crippen LogP) is 2.59. The van der Waals surface area contributed by atoms with Crippen molar-refractivity contribution in [2.24, 2.45) is 0 Å². The van der Waals surface area contributed by atoms with E-state index < -0.39 is 9.84 Å². The van der Waals surface area contributed by atoms with Crippen molar-refractivity contribution in [3.8, 4) is 6.07 Å². The molecule has 1 aromatic carbocycles. The molecule has 0 amide bonds. The summed E-state index contributed by atoms with van der Waals surface area (Å²) in [6.07, 6.45) is 3.50. The van der Waals surface area contributed by atoms with Crippen LogP contribution in [0.15, 0.2) is 29.2 Å². The van der Waals surface area contributed by atoms with Gasteiger partial charge in [0.15, 0.2) is 9.84 Å². The number of rotatable bonds is 4. The van der Waals surface area contributed by atoms with Crippen molar-refractivity contribution in [1.82, 2.24) is 4.90 Å². The summed E-state index contributed by atoms with van der Waals surface area (Å²) in [5.41, 5.74) is 0.479. The summed E-state index contributed by atoms with van der Waals surface area (Å²) in [7, 11) is -3.28. The largest absolute Gasteiger partial charge is 0.297 e. The van der Waals surface area contributed by atoms with Gasteiger partial charge in [-0.15, -0.1) is 0 Å². The highest BCUT2D eigenvalue weighted by Gasteiger charge is 2.26. The van der Waals surface area contributed by atoms with Crippen LogP contribution in [-0.4, -0.2) is 37.7 Å². The smallest absolute Gasteiger partial charge is 0.179 e. The molecule has 1 aromatic rings. The molecule has 114 valence electrons. The van der Waals surface area contributed by atoms with E-state index in [1.165, 1.54) is 18.6 Å². The highest BCUT2D eigenvalue weighted by atomic mass is 32.2. The van der Waals surface area contributed by atoms with Crippen LogP contribution in [0.5, 0.6) is 0 Å². The van der Waals surface area contributed by atoms with Gasteiger partial charge < -0.3 is 0 Å². The molecule has 0 bridgehead atoms. The lowest BCUT2D eigenvalue weighted by Crippen LogP contribution is -2.45. The first kappa shape index (κ1) is 16.0. The zero-order chi connectivity index (χ0) is 15.5. The molecule has 1 aliphatic rings. The van der Waals surface area contributed by atoms with Gasteiger partial charge in [0.1, 0.15) is 0 Å². The Hall–Kier alpha value is -1.38. The molecule has 0 radical (unpaired) electrons. The molecular weight excluding hydrogens is 284 g/mol. The van der Waals surface area contributed by atoms with E-state index in [0.29, 0.717) is 29.1 Å². The van der Waals surface area contributed by atoms with Gasteiger partial charge in [0.2, 0.25) is 0 Å². The van der Waals surface area contributed by atoms with E-state index in [1.807, 2.05) is 6.07 Å². The molecule has 2 rings (SSSR count). The lowest BCUT2D eigenvalue weighted by atomic mass is 9.98. The van der Waals surface area contributed by atoms with Crippen molar-refractivity contribution in [3.05, 3.63) is 29.8 Å². The van der Waals surface area contributed by atoms with Crippen LogP contribution in [0.1, 0.15) is 38.7 Å². The van der Waals surface area contributed by atoms with Crippen LogP contribution < -0.4 is 0 Å². The molecule has 0 aliphatic carbocycles. The summed E-state index contributed by atoms with van der Waals surface area (Å²) in [4.78, 5) is 2.60. The first-order chi connectivity index (χ1) is 9.94. The molecule has 0 N–H and O–H groups in total. The lowest BCUT2D eigenvalue weighted by Gasteiger charge is -2.38. The maximum atomic E-state index is 12.4. The van der Waals surface area contributed by atoms with Gasteiger partial charge in [-0.1, -0.05) is 6.42 Å². The monoisotopic (exact) mass is 306 g/mol. The Kier molecular flexibility index (Phi) is 5.02. The molecule has 1 heterocycles. The summed E-state index contributed by atoms with van der Waals surface area (Å²) in [5, 5.41) is 8.76. The van der Waals surface area contributed by atoms with Gasteiger partial charge in [-0.05, 0) is 51.0 Å². The van der Waals surface area contributed by atoms with E-state index >= 15 is 0 Å². The van der Waals surface area contributed by atoms with Crippen molar-refractivity contribution in [2.45, 2.75) is 50.1 Å². The van der Waals surface area contributed by atoms with Crippen LogP contribution >= 0.6 is 0 Å². The van der Waals surface area contributed by atoms with Gasteiger partial charge in [-0.3, -0.25) is 4.90 Å². The summed E-state index contributed by atoms with van der Waals surface area (Å²) in [5.74, 6) is 0.133. The summed E-state index contributed by atoms with van der Waals surface area (Å²) < 4.78 is 24.8. The minimum Gasteiger partial charge on any atom is -0.297 e. The second-order valence-electron chi connectivity index (χ2n) is 5.82. The third-order valence-electron chi connectivity index (χ3n) is 4.34. The highest BCUT2D eigenvalue weighted by Crippen LogP contribution is 2.23. The topological polar surface area (TPSA) is 61.2 Å². The van der Waals surface area contributed by atoms with E-state index in [1.54, 1.807) is 12.1 Å². The van der Waals surface area contributed by atoms with E-state index in [0.717, 1.165) is 12.8 Å². The SMILES string of the molecule is C[C@@H]1CCC[C@H](C)N1CCS(=O)(=O)c1ccc(C#N)cc1. The third-order valence-corrected chi connectivity index (χ3v) is 6.05. The molecule has 4 nitrogen and oxygen atoms in total. The Morgan fingerprint density at radius 2 is 1.76 bits per heavy atom. The summed E-state index contributed by atoms with van der Waals surface area (Å²) >= 11 is 0. The number of piperidine rings is 1. The number of likely N-dealkylation sites (tertiary alicyclic amines) is 1. The molecule has 0 saturated carbocycles. The second-order valence-corrected chi connectivity index (χ2v) is 7.93. The number of benzene rings is 1. The van der Waals surface area contributed by atoms with Gasteiger partial charge in [0, 0.05) is 18.6 Å². The van der Waals surface area contributed by atoms with Crippen LogP contribution in [0.2, 0.25) is 0 Å². The highest BCUT2D eigenvalue weighted by molar-refractivity contribution is 7.91. The fourth-order valence-electron chi connectivity index (χ4n) is 3.00. The Balaban J connectivity index is 2.05. The average Bonchev–Trinajstić information content (AvgIpc) is 2.47. The molecular formula is C16H22N2O2S. The minimum atomic E-state index is -3.28. The normalized spacial score (nSPS) is 23.7. The molecule has 5 heteroatoms. The predicted molar refractivity (Wildman–Crippen MR) is 82.7 cm³/mol. The Labute approximate surface area is 127 Å². The Bertz CT molecular complexity index is 607. The second kappa shape index (κ2) is 6.59. The number of hydrogen-bond donors (Lipinski definition) is 0. The van der Waals surface area contributed by atoms with Gasteiger partial charge in [0.25, 0.3) is 0 Å². The van der Waals surface area contributed by atoms with Gasteiger partial charge in [0.05, 0.1) is 22.3 Å². The van der Waals surface area contributed by atoms with E-state index in [-0.39, 0.29) is 5.75 Å². The Morgan fingerprint density at radius 1 is 1.19 bits per heavy atom.